The standard InChI is InChI=1S/C10H17NO/c1-6-8(3)10(11-7-2)9(4)12-5/h6-7,9H,1H2,2-5H3/b10-8-,11-7-/t9-/m0/s1. The first-order valence-corrected chi connectivity index (χ1v) is 4.02. The second-order valence-corrected chi connectivity index (χ2v) is 2.54. The first-order chi connectivity index (χ1) is 5.67. The molecule has 0 aromatic heterocycles. The molecule has 0 heterocycles. The monoisotopic (exact) mass is 167 g/mol. The minimum atomic E-state index is 0.0270. The van der Waals surface area contributed by atoms with Crippen molar-refractivity contribution in [2.75, 3.05) is 7.11 Å². The van der Waals surface area contributed by atoms with Gasteiger partial charge in [0.2, 0.25) is 0 Å². The molecule has 68 valence electrons. The lowest BCUT2D eigenvalue weighted by atomic mass is 10.1. The minimum Gasteiger partial charge on any atom is -0.375 e. The van der Waals surface area contributed by atoms with E-state index < -0.39 is 0 Å². The Kier molecular flexibility index (Phi) is 5.30. The number of rotatable bonds is 4. The van der Waals surface area contributed by atoms with Crippen LogP contribution >= 0.6 is 0 Å². The predicted molar refractivity (Wildman–Crippen MR) is 53.5 cm³/mol. The summed E-state index contributed by atoms with van der Waals surface area (Å²) in [6, 6.07) is 0. The quantitative estimate of drug-likeness (QED) is 0.466. The first-order valence-electron chi connectivity index (χ1n) is 4.02. The zero-order chi connectivity index (χ0) is 9.56. The molecule has 0 spiro atoms. The molecule has 0 aromatic rings. The summed E-state index contributed by atoms with van der Waals surface area (Å²) in [5, 5.41) is 0. The van der Waals surface area contributed by atoms with Gasteiger partial charge in [-0.15, -0.1) is 0 Å². The summed E-state index contributed by atoms with van der Waals surface area (Å²) in [6.45, 7) is 9.53. The fourth-order valence-corrected chi connectivity index (χ4v) is 0.883. The van der Waals surface area contributed by atoms with Crippen LogP contribution in [0.15, 0.2) is 28.9 Å². The highest BCUT2D eigenvalue weighted by Crippen LogP contribution is 2.13. The Morgan fingerprint density at radius 2 is 2.17 bits per heavy atom. The van der Waals surface area contributed by atoms with Crippen molar-refractivity contribution in [3.05, 3.63) is 23.9 Å². The highest BCUT2D eigenvalue weighted by molar-refractivity contribution is 5.56. The summed E-state index contributed by atoms with van der Waals surface area (Å²) in [5.41, 5.74) is 2.00. The third-order valence-corrected chi connectivity index (χ3v) is 1.72. The van der Waals surface area contributed by atoms with E-state index >= 15 is 0 Å². The predicted octanol–water partition coefficient (Wildman–Crippen LogP) is 2.57. The summed E-state index contributed by atoms with van der Waals surface area (Å²) in [6.07, 6.45) is 3.58. The van der Waals surface area contributed by atoms with E-state index in [4.69, 9.17) is 4.74 Å². The van der Waals surface area contributed by atoms with Gasteiger partial charge in [0.25, 0.3) is 0 Å². The third-order valence-electron chi connectivity index (χ3n) is 1.72. The van der Waals surface area contributed by atoms with Gasteiger partial charge in [-0.05, 0) is 26.3 Å². The molecular weight excluding hydrogens is 150 g/mol. The van der Waals surface area contributed by atoms with Crippen LogP contribution in [0.4, 0.5) is 0 Å². The molecule has 0 saturated heterocycles. The molecule has 0 aromatic carbocycles. The lowest BCUT2D eigenvalue weighted by Gasteiger charge is -2.11. The number of hydrogen-bond acceptors (Lipinski definition) is 2. The molecule has 0 aliphatic rings. The normalized spacial score (nSPS) is 16.0. The maximum absolute atomic E-state index is 5.17. The first kappa shape index (κ1) is 11.1. The molecule has 0 aliphatic carbocycles. The van der Waals surface area contributed by atoms with Crippen LogP contribution in [0.2, 0.25) is 0 Å². The lowest BCUT2D eigenvalue weighted by molar-refractivity contribution is 0.145. The molecule has 2 heteroatoms. The van der Waals surface area contributed by atoms with Crippen LogP contribution in [0, 0.1) is 0 Å². The fourth-order valence-electron chi connectivity index (χ4n) is 0.883. The van der Waals surface area contributed by atoms with Crippen molar-refractivity contribution in [2.24, 2.45) is 4.99 Å². The summed E-state index contributed by atoms with van der Waals surface area (Å²) >= 11 is 0. The van der Waals surface area contributed by atoms with Crippen molar-refractivity contribution in [2.45, 2.75) is 26.9 Å². The van der Waals surface area contributed by atoms with Crippen molar-refractivity contribution < 1.29 is 4.74 Å². The fraction of sp³-hybridized carbons (Fsp3) is 0.500. The van der Waals surface area contributed by atoms with Crippen LogP contribution in [0.5, 0.6) is 0 Å². The van der Waals surface area contributed by atoms with Crippen LogP contribution < -0.4 is 0 Å². The Bertz CT molecular complexity index is 204. The number of methoxy groups -OCH3 is 1. The van der Waals surface area contributed by atoms with E-state index in [1.54, 1.807) is 19.4 Å². The number of allylic oxidation sites excluding steroid dienone is 2. The van der Waals surface area contributed by atoms with Gasteiger partial charge in [-0.25, -0.2) is 0 Å². The summed E-state index contributed by atoms with van der Waals surface area (Å²) in [7, 11) is 1.67. The molecule has 1 atom stereocenters. The highest BCUT2D eigenvalue weighted by atomic mass is 16.5. The molecule has 0 fully saturated rings. The van der Waals surface area contributed by atoms with Gasteiger partial charge in [-0.2, -0.15) is 0 Å². The molecule has 2 nitrogen and oxygen atoms in total. The van der Waals surface area contributed by atoms with E-state index in [1.807, 2.05) is 20.8 Å². The minimum absolute atomic E-state index is 0.0270. The topological polar surface area (TPSA) is 21.6 Å². The van der Waals surface area contributed by atoms with Crippen molar-refractivity contribution in [3.8, 4) is 0 Å². The largest absolute Gasteiger partial charge is 0.375 e. The van der Waals surface area contributed by atoms with Gasteiger partial charge < -0.3 is 4.74 Å². The van der Waals surface area contributed by atoms with E-state index in [-0.39, 0.29) is 6.10 Å². The number of ether oxygens (including phenoxy) is 1. The van der Waals surface area contributed by atoms with Crippen molar-refractivity contribution >= 4 is 6.21 Å². The molecule has 0 amide bonds. The number of nitrogens with zero attached hydrogens (tertiary/aromatic N) is 1. The smallest absolute Gasteiger partial charge is 0.0965 e. The maximum atomic E-state index is 5.17. The van der Waals surface area contributed by atoms with Gasteiger partial charge in [0.1, 0.15) is 0 Å². The summed E-state index contributed by atoms with van der Waals surface area (Å²) < 4.78 is 5.17. The Morgan fingerprint density at radius 1 is 1.58 bits per heavy atom. The summed E-state index contributed by atoms with van der Waals surface area (Å²) in [4.78, 5) is 4.22. The lowest BCUT2D eigenvalue weighted by Crippen LogP contribution is -2.08. The Morgan fingerprint density at radius 3 is 2.50 bits per heavy atom. The molecule has 0 rings (SSSR count). The third kappa shape index (κ3) is 3.01. The van der Waals surface area contributed by atoms with Crippen molar-refractivity contribution in [1.29, 1.82) is 0 Å². The van der Waals surface area contributed by atoms with Gasteiger partial charge in [-0.1, -0.05) is 12.7 Å². The molecule has 0 radical (unpaired) electrons. The molecule has 0 bridgehead atoms. The Balaban J connectivity index is 4.76. The van der Waals surface area contributed by atoms with Crippen LogP contribution in [0.1, 0.15) is 20.8 Å². The van der Waals surface area contributed by atoms with E-state index in [2.05, 4.69) is 11.6 Å². The summed E-state index contributed by atoms with van der Waals surface area (Å²) in [5.74, 6) is 0. The molecule has 0 N–H and O–H groups in total. The van der Waals surface area contributed by atoms with Crippen LogP contribution in [-0.4, -0.2) is 19.4 Å². The van der Waals surface area contributed by atoms with Gasteiger partial charge in [0.05, 0.1) is 11.8 Å². The van der Waals surface area contributed by atoms with Gasteiger partial charge in [-0.3, -0.25) is 4.99 Å². The van der Waals surface area contributed by atoms with Gasteiger partial charge in [0, 0.05) is 13.3 Å². The average Bonchev–Trinajstić information content (AvgIpc) is 2.11. The van der Waals surface area contributed by atoms with Crippen LogP contribution in [0.3, 0.4) is 0 Å². The molecule has 0 unspecified atom stereocenters. The van der Waals surface area contributed by atoms with E-state index in [0.29, 0.717) is 0 Å². The van der Waals surface area contributed by atoms with Crippen molar-refractivity contribution in [1.82, 2.24) is 0 Å². The van der Waals surface area contributed by atoms with Crippen molar-refractivity contribution in [3.63, 3.8) is 0 Å². The second-order valence-electron chi connectivity index (χ2n) is 2.54. The average molecular weight is 167 g/mol. The van der Waals surface area contributed by atoms with Gasteiger partial charge in [0.15, 0.2) is 0 Å². The van der Waals surface area contributed by atoms with Crippen LogP contribution in [-0.2, 0) is 4.74 Å². The van der Waals surface area contributed by atoms with Crippen LogP contribution in [0.25, 0.3) is 0 Å². The Hall–Kier alpha value is -0.890. The van der Waals surface area contributed by atoms with E-state index in [9.17, 15) is 0 Å². The molecular formula is C10H17NO. The maximum Gasteiger partial charge on any atom is 0.0965 e. The van der Waals surface area contributed by atoms with Gasteiger partial charge >= 0.3 is 0 Å². The zero-order valence-corrected chi connectivity index (χ0v) is 8.29. The van der Waals surface area contributed by atoms with E-state index in [0.717, 1.165) is 11.3 Å². The molecule has 0 aliphatic heterocycles. The highest BCUT2D eigenvalue weighted by Gasteiger charge is 2.07. The number of hydrogen-bond donors (Lipinski definition) is 0. The number of aliphatic imine (C=N–C) groups is 1. The second kappa shape index (κ2) is 5.72. The van der Waals surface area contributed by atoms with E-state index in [1.165, 1.54) is 0 Å². The molecule has 0 saturated carbocycles. The zero-order valence-electron chi connectivity index (χ0n) is 8.29. The Labute approximate surface area is 74.7 Å². The molecule has 12 heavy (non-hydrogen) atoms. The SMILES string of the molecule is C=C/C(C)=C(\N=C/C)[C@H](C)OC.